The molecule has 82 valence electrons. The van der Waals surface area contributed by atoms with E-state index in [-0.39, 0.29) is 5.92 Å². The molecular formula is C11H17N3O. The molecule has 1 aromatic rings. The van der Waals surface area contributed by atoms with E-state index in [1.54, 1.807) is 0 Å². The number of hydrogen-bond acceptors (Lipinski definition) is 4. The molecule has 0 bridgehead atoms. The number of nitrogens with zero attached hydrogens (tertiary/aromatic N) is 3. The second kappa shape index (κ2) is 4.94. The van der Waals surface area contributed by atoms with Gasteiger partial charge in [0, 0.05) is 6.54 Å². The first-order valence-electron chi connectivity index (χ1n) is 5.04. The smallest absolute Gasteiger partial charge is 0.208 e. The van der Waals surface area contributed by atoms with E-state index >= 15 is 0 Å². The van der Waals surface area contributed by atoms with E-state index in [4.69, 9.17) is 9.68 Å². The maximum atomic E-state index is 8.68. The number of hydrogen-bond donors (Lipinski definition) is 0. The van der Waals surface area contributed by atoms with Gasteiger partial charge in [0.05, 0.1) is 24.2 Å². The molecule has 1 unspecified atom stereocenters. The van der Waals surface area contributed by atoms with Crippen LogP contribution < -0.4 is 0 Å². The molecule has 4 nitrogen and oxygen atoms in total. The van der Waals surface area contributed by atoms with Crippen LogP contribution in [0.25, 0.3) is 0 Å². The molecule has 15 heavy (non-hydrogen) atoms. The van der Waals surface area contributed by atoms with Crippen molar-refractivity contribution in [2.45, 2.75) is 27.3 Å². The fraction of sp³-hybridized carbons (Fsp3) is 0.636. The molecule has 0 aliphatic heterocycles. The molecule has 1 aromatic heterocycles. The first-order valence-corrected chi connectivity index (χ1v) is 5.04. The number of aryl methyl sites for hydroxylation is 2. The Labute approximate surface area is 90.5 Å². The van der Waals surface area contributed by atoms with E-state index in [2.05, 4.69) is 11.1 Å². The minimum Gasteiger partial charge on any atom is -0.444 e. The fourth-order valence-corrected chi connectivity index (χ4v) is 1.41. The van der Waals surface area contributed by atoms with Crippen molar-refractivity contribution in [1.29, 1.82) is 5.26 Å². The zero-order valence-electron chi connectivity index (χ0n) is 9.74. The van der Waals surface area contributed by atoms with Gasteiger partial charge in [0.2, 0.25) is 5.89 Å². The third-order valence-corrected chi connectivity index (χ3v) is 2.28. The summed E-state index contributed by atoms with van der Waals surface area (Å²) in [7, 11) is 1.96. The van der Waals surface area contributed by atoms with E-state index in [0.29, 0.717) is 6.54 Å². The second-order valence-electron chi connectivity index (χ2n) is 3.98. The van der Waals surface area contributed by atoms with Crippen LogP contribution in [0.3, 0.4) is 0 Å². The normalized spacial score (nSPS) is 12.8. The third kappa shape index (κ3) is 3.37. The highest BCUT2D eigenvalue weighted by molar-refractivity contribution is 5.05. The van der Waals surface area contributed by atoms with Gasteiger partial charge in [-0.25, -0.2) is 4.98 Å². The third-order valence-electron chi connectivity index (χ3n) is 2.28. The zero-order chi connectivity index (χ0) is 11.4. The average molecular weight is 207 g/mol. The van der Waals surface area contributed by atoms with Crippen LogP contribution in [0.4, 0.5) is 0 Å². The largest absolute Gasteiger partial charge is 0.444 e. The van der Waals surface area contributed by atoms with Crippen molar-refractivity contribution in [3.8, 4) is 6.07 Å². The highest BCUT2D eigenvalue weighted by Crippen LogP contribution is 2.10. The summed E-state index contributed by atoms with van der Waals surface area (Å²) >= 11 is 0. The lowest BCUT2D eigenvalue weighted by molar-refractivity contribution is 0.269. The molecule has 0 spiro atoms. The van der Waals surface area contributed by atoms with Gasteiger partial charge in [-0.2, -0.15) is 5.26 Å². The highest BCUT2D eigenvalue weighted by Gasteiger charge is 2.10. The molecule has 0 radical (unpaired) electrons. The fourth-order valence-electron chi connectivity index (χ4n) is 1.41. The van der Waals surface area contributed by atoms with Gasteiger partial charge in [0.15, 0.2) is 0 Å². The van der Waals surface area contributed by atoms with Crippen molar-refractivity contribution in [2.75, 3.05) is 13.6 Å². The lowest BCUT2D eigenvalue weighted by Gasteiger charge is -2.15. The van der Waals surface area contributed by atoms with Gasteiger partial charge in [-0.05, 0) is 27.8 Å². The Morgan fingerprint density at radius 1 is 1.53 bits per heavy atom. The molecule has 4 heteroatoms. The number of nitriles is 1. The number of rotatable bonds is 4. The topological polar surface area (TPSA) is 53.1 Å². The average Bonchev–Trinajstić information content (AvgIpc) is 2.45. The zero-order valence-corrected chi connectivity index (χ0v) is 9.74. The van der Waals surface area contributed by atoms with Crippen LogP contribution in [0.2, 0.25) is 0 Å². The van der Waals surface area contributed by atoms with Crippen LogP contribution in [0, 0.1) is 31.1 Å². The summed E-state index contributed by atoms with van der Waals surface area (Å²) in [5.41, 5.74) is 0.937. The lowest BCUT2D eigenvalue weighted by Crippen LogP contribution is -2.23. The summed E-state index contributed by atoms with van der Waals surface area (Å²) in [6, 6.07) is 2.21. The van der Waals surface area contributed by atoms with Gasteiger partial charge in [-0.3, -0.25) is 4.90 Å². The van der Waals surface area contributed by atoms with E-state index in [1.807, 2.05) is 32.7 Å². The Kier molecular flexibility index (Phi) is 3.87. The van der Waals surface area contributed by atoms with Crippen LogP contribution in [0.1, 0.15) is 24.3 Å². The van der Waals surface area contributed by atoms with Crippen LogP contribution in [-0.2, 0) is 6.54 Å². The molecule has 0 saturated heterocycles. The first-order chi connectivity index (χ1) is 7.02. The minimum absolute atomic E-state index is 0.0344. The molecular weight excluding hydrogens is 190 g/mol. The maximum Gasteiger partial charge on any atom is 0.208 e. The molecule has 0 aliphatic rings. The van der Waals surface area contributed by atoms with E-state index in [1.165, 1.54) is 0 Å². The Hall–Kier alpha value is -1.34. The summed E-state index contributed by atoms with van der Waals surface area (Å²) in [5, 5.41) is 8.68. The quantitative estimate of drug-likeness (QED) is 0.756. The summed E-state index contributed by atoms with van der Waals surface area (Å²) < 4.78 is 5.46. The summed E-state index contributed by atoms with van der Waals surface area (Å²) in [4.78, 5) is 6.33. The van der Waals surface area contributed by atoms with Gasteiger partial charge in [-0.1, -0.05) is 0 Å². The van der Waals surface area contributed by atoms with Crippen LogP contribution in [0.5, 0.6) is 0 Å². The van der Waals surface area contributed by atoms with E-state index in [0.717, 1.165) is 23.9 Å². The summed E-state index contributed by atoms with van der Waals surface area (Å²) in [5.74, 6) is 1.62. The molecule has 1 atom stereocenters. The first kappa shape index (κ1) is 11.7. The van der Waals surface area contributed by atoms with Gasteiger partial charge in [-0.15, -0.1) is 0 Å². The van der Waals surface area contributed by atoms with Crippen molar-refractivity contribution in [1.82, 2.24) is 9.88 Å². The molecule has 0 fully saturated rings. The highest BCUT2D eigenvalue weighted by atomic mass is 16.4. The van der Waals surface area contributed by atoms with Crippen molar-refractivity contribution in [2.24, 2.45) is 5.92 Å². The Balaban J connectivity index is 2.52. The van der Waals surface area contributed by atoms with Crippen LogP contribution in [0.15, 0.2) is 4.42 Å². The van der Waals surface area contributed by atoms with Gasteiger partial charge in [0.25, 0.3) is 0 Å². The lowest BCUT2D eigenvalue weighted by atomic mass is 10.2. The van der Waals surface area contributed by atoms with Crippen molar-refractivity contribution in [3.05, 3.63) is 17.3 Å². The Bertz CT molecular complexity index is 345. The molecule has 0 N–H and O–H groups in total. The van der Waals surface area contributed by atoms with Gasteiger partial charge < -0.3 is 4.42 Å². The Morgan fingerprint density at radius 2 is 2.20 bits per heavy atom. The predicted octanol–water partition coefficient (Wildman–Crippen LogP) is 1.88. The predicted molar refractivity (Wildman–Crippen MR) is 57.1 cm³/mol. The van der Waals surface area contributed by atoms with Crippen molar-refractivity contribution in [3.63, 3.8) is 0 Å². The summed E-state index contributed by atoms with van der Waals surface area (Å²) in [6.45, 7) is 7.13. The molecule has 1 rings (SSSR count). The van der Waals surface area contributed by atoms with Gasteiger partial charge in [0.1, 0.15) is 5.76 Å². The molecule has 1 heterocycles. The minimum atomic E-state index is 0.0344. The van der Waals surface area contributed by atoms with Crippen molar-refractivity contribution >= 4 is 0 Å². The molecule has 0 saturated carbocycles. The maximum absolute atomic E-state index is 8.68. The van der Waals surface area contributed by atoms with Crippen molar-refractivity contribution < 1.29 is 4.42 Å². The van der Waals surface area contributed by atoms with Crippen LogP contribution >= 0.6 is 0 Å². The molecule has 0 amide bonds. The molecule has 0 aromatic carbocycles. The molecule has 0 aliphatic carbocycles. The van der Waals surface area contributed by atoms with E-state index in [9.17, 15) is 0 Å². The SMILES string of the molecule is Cc1nc(CN(C)CC(C)C#N)oc1C. The van der Waals surface area contributed by atoms with Crippen LogP contribution in [-0.4, -0.2) is 23.5 Å². The second-order valence-corrected chi connectivity index (χ2v) is 3.98. The Morgan fingerprint density at radius 3 is 2.67 bits per heavy atom. The summed E-state index contributed by atoms with van der Waals surface area (Å²) in [6.07, 6.45) is 0. The van der Waals surface area contributed by atoms with E-state index < -0.39 is 0 Å². The number of aromatic nitrogens is 1. The monoisotopic (exact) mass is 207 g/mol. The standard InChI is InChI=1S/C11H17N3O/c1-8(5-12)6-14(4)7-11-13-9(2)10(3)15-11/h8H,6-7H2,1-4H3. The number of oxazole rings is 1. The van der Waals surface area contributed by atoms with Gasteiger partial charge >= 0.3 is 0 Å².